The van der Waals surface area contributed by atoms with Crippen molar-refractivity contribution < 1.29 is 9.53 Å². The van der Waals surface area contributed by atoms with Gasteiger partial charge in [-0.3, -0.25) is 4.79 Å². The maximum atomic E-state index is 12.2. The second kappa shape index (κ2) is 7.34. The lowest BCUT2D eigenvalue weighted by Crippen LogP contribution is -2.33. The van der Waals surface area contributed by atoms with Crippen LogP contribution in [0.2, 0.25) is 10.0 Å². The Bertz CT molecular complexity index is 429. The molecule has 100 valence electrons. The minimum atomic E-state index is -0.164. The van der Waals surface area contributed by atoms with Crippen LogP contribution >= 0.6 is 39.1 Å². The van der Waals surface area contributed by atoms with Crippen LogP contribution in [0.3, 0.4) is 0 Å². The van der Waals surface area contributed by atoms with Crippen LogP contribution in [0.1, 0.15) is 10.4 Å². The smallest absolute Gasteiger partial charge is 0.255 e. The highest BCUT2D eigenvalue weighted by atomic mass is 79.9. The average Bonchev–Trinajstić information content (AvgIpc) is 2.31. The normalized spacial score (nSPS) is 12.3. The Morgan fingerprint density at radius 3 is 2.78 bits per heavy atom. The first kappa shape index (κ1) is 15.8. The third-order valence-electron chi connectivity index (χ3n) is 2.32. The molecule has 0 aliphatic heterocycles. The van der Waals surface area contributed by atoms with E-state index in [0.29, 0.717) is 28.8 Å². The van der Waals surface area contributed by atoms with E-state index in [1.54, 1.807) is 37.3 Å². The van der Waals surface area contributed by atoms with Gasteiger partial charge in [-0.15, -0.1) is 0 Å². The van der Waals surface area contributed by atoms with Crippen molar-refractivity contribution in [3.63, 3.8) is 0 Å². The van der Waals surface area contributed by atoms with Crippen LogP contribution < -0.4 is 0 Å². The first-order valence-electron chi connectivity index (χ1n) is 5.29. The highest BCUT2D eigenvalue weighted by molar-refractivity contribution is 9.09. The molecule has 1 aromatic carbocycles. The number of hydrogen-bond acceptors (Lipinski definition) is 2. The molecule has 0 fully saturated rings. The van der Waals surface area contributed by atoms with Crippen LogP contribution in [-0.4, -0.2) is 42.9 Å². The molecule has 0 saturated carbocycles. The van der Waals surface area contributed by atoms with E-state index in [-0.39, 0.29) is 10.7 Å². The lowest BCUT2D eigenvalue weighted by molar-refractivity contribution is 0.0784. The Morgan fingerprint density at radius 2 is 2.17 bits per heavy atom. The van der Waals surface area contributed by atoms with Crippen molar-refractivity contribution in [2.24, 2.45) is 0 Å². The molecule has 1 atom stereocenters. The van der Waals surface area contributed by atoms with Crippen molar-refractivity contribution in [3.05, 3.63) is 33.8 Å². The molecular weight excluding hydrogens is 341 g/mol. The van der Waals surface area contributed by atoms with Crippen molar-refractivity contribution in [1.82, 2.24) is 4.90 Å². The van der Waals surface area contributed by atoms with E-state index in [0.717, 1.165) is 0 Å². The standard InChI is InChI=1S/C12H14BrCl2NO2/c1-16(6-8(13)7-18-2)12(17)10-5-9(14)3-4-11(10)15/h3-5,8H,6-7H2,1-2H3. The summed E-state index contributed by atoms with van der Waals surface area (Å²) >= 11 is 15.3. The molecule has 1 rings (SSSR count). The van der Waals surface area contributed by atoms with Gasteiger partial charge in [-0.25, -0.2) is 0 Å². The largest absolute Gasteiger partial charge is 0.383 e. The summed E-state index contributed by atoms with van der Waals surface area (Å²) in [7, 11) is 3.33. The van der Waals surface area contributed by atoms with E-state index in [2.05, 4.69) is 15.9 Å². The number of rotatable bonds is 5. The van der Waals surface area contributed by atoms with Gasteiger partial charge < -0.3 is 9.64 Å². The van der Waals surface area contributed by atoms with Gasteiger partial charge in [0.1, 0.15) is 0 Å². The third-order valence-corrected chi connectivity index (χ3v) is 3.44. The topological polar surface area (TPSA) is 29.5 Å². The Hall–Kier alpha value is -0.290. The predicted molar refractivity (Wildman–Crippen MR) is 78.0 cm³/mol. The summed E-state index contributed by atoms with van der Waals surface area (Å²) in [6.45, 7) is 1.05. The lowest BCUT2D eigenvalue weighted by atomic mass is 10.2. The number of ether oxygens (including phenoxy) is 1. The maximum absolute atomic E-state index is 12.2. The van der Waals surface area contributed by atoms with E-state index in [1.807, 2.05) is 0 Å². The van der Waals surface area contributed by atoms with E-state index in [1.165, 1.54) is 0 Å². The van der Waals surface area contributed by atoms with Crippen molar-refractivity contribution in [1.29, 1.82) is 0 Å². The molecule has 0 bridgehead atoms. The minimum absolute atomic E-state index is 0.0782. The van der Waals surface area contributed by atoms with Gasteiger partial charge in [-0.05, 0) is 18.2 Å². The van der Waals surface area contributed by atoms with Crippen molar-refractivity contribution in [3.8, 4) is 0 Å². The van der Waals surface area contributed by atoms with Gasteiger partial charge in [0, 0.05) is 25.7 Å². The number of amides is 1. The van der Waals surface area contributed by atoms with Crippen molar-refractivity contribution in [2.75, 3.05) is 27.3 Å². The molecule has 0 aliphatic rings. The second-order valence-corrected chi connectivity index (χ2v) is 6.00. The number of alkyl halides is 1. The molecule has 1 amide bonds. The molecule has 0 heterocycles. The molecule has 3 nitrogen and oxygen atoms in total. The van der Waals surface area contributed by atoms with E-state index < -0.39 is 0 Å². The zero-order valence-corrected chi connectivity index (χ0v) is 13.2. The van der Waals surface area contributed by atoms with Gasteiger partial charge in [0.15, 0.2) is 0 Å². The van der Waals surface area contributed by atoms with Gasteiger partial charge in [0.25, 0.3) is 5.91 Å². The first-order valence-corrected chi connectivity index (χ1v) is 6.96. The Balaban J connectivity index is 2.77. The van der Waals surface area contributed by atoms with E-state index >= 15 is 0 Å². The summed E-state index contributed by atoms with van der Waals surface area (Å²) in [5.74, 6) is -0.164. The van der Waals surface area contributed by atoms with Gasteiger partial charge in [0.2, 0.25) is 0 Å². The molecule has 6 heteroatoms. The van der Waals surface area contributed by atoms with Crippen molar-refractivity contribution in [2.45, 2.75) is 4.83 Å². The number of nitrogens with zero attached hydrogens (tertiary/aromatic N) is 1. The molecule has 0 radical (unpaired) electrons. The number of carbonyl (C=O) groups excluding carboxylic acids is 1. The third kappa shape index (κ3) is 4.43. The number of carbonyl (C=O) groups is 1. The summed E-state index contributed by atoms with van der Waals surface area (Å²) in [5, 5.41) is 0.887. The van der Waals surface area contributed by atoms with E-state index in [4.69, 9.17) is 27.9 Å². The molecule has 18 heavy (non-hydrogen) atoms. The monoisotopic (exact) mass is 353 g/mol. The van der Waals surface area contributed by atoms with E-state index in [9.17, 15) is 4.79 Å². The van der Waals surface area contributed by atoms with Crippen LogP contribution in [0.5, 0.6) is 0 Å². The van der Waals surface area contributed by atoms with Crippen LogP contribution in [0.4, 0.5) is 0 Å². The number of halogens is 3. The number of methoxy groups -OCH3 is 1. The Morgan fingerprint density at radius 1 is 1.50 bits per heavy atom. The van der Waals surface area contributed by atoms with Crippen LogP contribution in [0.25, 0.3) is 0 Å². The number of benzene rings is 1. The molecular formula is C12H14BrCl2NO2. The number of hydrogen-bond donors (Lipinski definition) is 0. The molecule has 1 aromatic rings. The average molecular weight is 355 g/mol. The Labute approximate surface area is 125 Å². The summed E-state index contributed by atoms with van der Waals surface area (Å²) in [5.41, 5.74) is 0.406. The summed E-state index contributed by atoms with van der Waals surface area (Å²) < 4.78 is 5.00. The molecule has 0 aromatic heterocycles. The van der Waals surface area contributed by atoms with Crippen molar-refractivity contribution >= 4 is 45.0 Å². The first-order chi connectivity index (χ1) is 8.45. The highest BCUT2D eigenvalue weighted by Crippen LogP contribution is 2.22. The van der Waals surface area contributed by atoms with Gasteiger partial charge >= 0.3 is 0 Å². The van der Waals surface area contributed by atoms with Crippen LogP contribution in [0.15, 0.2) is 18.2 Å². The summed E-state index contributed by atoms with van der Waals surface area (Å²) in [6.07, 6.45) is 0. The molecule has 0 spiro atoms. The van der Waals surface area contributed by atoms with Gasteiger partial charge in [0.05, 0.1) is 22.0 Å². The maximum Gasteiger partial charge on any atom is 0.255 e. The fourth-order valence-corrected chi connectivity index (χ4v) is 2.55. The zero-order valence-electron chi connectivity index (χ0n) is 10.1. The summed E-state index contributed by atoms with van der Waals surface area (Å²) in [4.78, 5) is 13.8. The fourth-order valence-electron chi connectivity index (χ4n) is 1.48. The Kier molecular flexibility index (Phi) is 6.43. The lowest BCUT2D eigenvalue weighted by Gasteiger charge is -2.20. The van der Waals surface area contributed by atoms with Crippen LogP contribution in [0, 0.1) is 0 Å². The molecule has 0 aliphatic carbocycles. The predicted octanol–water partition coefficient (Wildman–Crippen LogP) is 3.48. The zero-order chi connectivity index (χ0) is 13.7. The summed E-state index contributed by atoms with van der Waals surface area (Å²) in [6, 6.07) is 4.84. The van der Waals surface area contributed by atoms with Gasteiger partial charge in [-0.2, -0.15) is 0 Å². The molecule has 0 N–H and O–H groups in total. The SMILES string of the molecule is COCC(Br)CN(C)C(=O)c1cc(Cl)ccc1Cl. The second-order valence-electron chi connectivity index (χ2n) is 3.86. The molecule has 1 unspecified atom stereocenters. The quantitative estimate of drug-likeness (QED) is 0.757. The van der Waals surface area contributed by atoms with Gasteiger partial charge in [-0.1, -0.05) is 39.1 Å². The fraction of sp³-hybridized carbons (Fsp3) is 0.417. The van der Waals surface area contributed by atoms with Crippen LogP contribution in [-0.2, 0) is 4.74 Å². The highest BCUT2D eigenvalue weighted by Gasteiger charge is 2.18. The minimum Gasteiger partial charge on any atom is -0.383 e. The molecule has 0 saturated heterocycles.